The number of methoxy groups -OCH3 is 1. The van der Waals surface area contributed by atoms with Crippen LogP contribution in [0.25, 0.3) is 11.3 Å². The molecule has 7 nitrogen and oxygen atoms in total. The number of hydrogen-bond donors (Lipinski definition) is 1. The fourth-order valence-corrected chi connectivity index (χ4v) is 4.07. The average Bonchev–Trinajstić information content (AvgIpc) is 3.09. The van der Waals surface area contributed by atoms with Gasteiger partial charge in [0.1, 0.15) is 5.75 Å². The predicted molar refractivity (Wildman–Crippen MR) is 125 cm³/mol. The summed E-state index contributed by atoms with van der Waals surface area (Å²) in [7, 11) is 1.65. The lowest BCUT2D eigenvalue weighted by Crippen LogP contribution is -2.41. The summed E-state index contributed by atoms with van der Waals surface area (Å²) in [6, 6.07) is 13.5. The highest BCUT2D eigenvalue weighted by molar-refractivity contribution is 6.31. The molecule has 1 N–H and O–H groups in total. The van der Waals surface area contributed by atoms with Crippen molar-refractivity contribution in [2.75, 3.05) is 38.2 Å². The van der Waals surface area contributed by atoms with Crippen LogP contribution in [0.15, 0.2) is 53.1 Å². The molecule has 0 spiro atoms. The van der Waals surface area contributed by atoms with Crippen molar-refractivity contribution in [2.24, 2.45) is 0 Å². The monoisotopic (exact) mass is 454 g/mol. The van der Waals surface area contributed by atoms with Gasteiger partial charge in [0.25, 0.3) is 0 Å². The van der Waals surface area contributed by atoms with E-state index in [1.807, 2.05) is 48.2 Å². The van der Waals surface area contributed by atoms with Gasteiger partial charge >= 0.3 is 6.03 Å². The number of anilines is 1. The largest absolute Gasteiger partial charge is 0.496 e. The maximum absolute atomic E-state index is 12.7. The van der Waals surface area contributed by atoms with Crippen molar-refractivity contribution < 1.29 is 13.9 Å². The first-order valence-corrected chi connectivity index (χ1v) is 11.0. The van der Waals surface area contributed by atoms with Gasteiger partial charge < -0.3 is 24.3 Å². The molecule has 2 heterocycles. The number of hydrogen-bond acceptors (Lipinski definition) is 5. The van der Waals surface area contributed by atoms with E-state index in [-0.39, 0.29) is 6.03 Å². The fourth-order valence-electron chi connectivity index (χ4n) is 3.87. The maximum atomic E-state index is 12.7. The van der Waals surface area contributed by atoms with Gasteiger partial charge in [-0.1, -0.05) is 29.8 Å². The minimum absolute atomic E-state index is 0.0691. The van der Waals surface area contributed by atoms with Crippen LogP contribution in [-0.4, -0.2) is 49.2 Å². The molecule has 1 aromatic heterocycles. The molecule has 1 aliphatic heterocycles. The number of urea groups is 1. The molecule has 0 radical (unpaired) electrons. The zero-order valence-electron chi connectivity index (χ0n) is 18.3. The molecule has 3 aromatic rings. The number of aromatic nitrogens is 1. The van der Waals surface area contributed by atoms with Crippen LogP contribution in [-0.2, 0) is 6.54 Å². The van der Waals surface area contributed by atoms with E-state index < -0.39 is 0 Å². The van der Waals surface area contributed by atoms with E-state index in [9.17, 15) is 4.79 Å². The van der Waals surface area contributed by atoms with Gasteiger partial charge in [-0.05, 0) is 30.2 Å². The average molecular weight is 455 g/mol. The minimum Gasteiger partial charge on any atom is -0.496 e. The number of ether oxygens (including phenoxy) is 1. The van der Waals surface area contributed by atoms with E-state index in [2.05, 4.69) is 21.3 Å². The molecule has 1 aliphatic rings. The van der Waals surface area contributed by atoms with E-state index in [0.29, 0.717) is 36.3 Å². The number of benzene rings is 2. The number of aryl methyl sites for hydroxylation is 1. The molecule has 0 aliphatic carbocycles. The van der Waals surface area contributed by atoms with Crippen molar-refractivity contribution >= 4 is 23.3 Å². The van der Waals surface area contributed by atoms with Gasteiger partial charge in [-0.15, -0.1) is 0 Å². The Hall–Kier alpha value is -3.19. The third-order valence-electron chi connectivity index (χ3n) is 5.61. The van der Waals surface area contributed by atoms with E-state index in [4.69, 9.17) is 20.8 Å². The molecule has 2 amide bonds. The third kappa shape index (κ3) is 4.99. The third-order valence-corrected chi connectivity index (χ3v) is 5.98. The van der Waals surface area contributed by atoms with E-state index in [1.165, 1.54) is 0 Å². The van der Waals surface area contributed by atoms with Gasteiger partial charge in [-0.2, -0.15) is 0 Å². The Morgan fingerprint density at radius 1 is 1.19 bits per heavy atom. The van der Waals surface area contributed by atoms with Crippen molar-refractivity contribution in [1.82, 2.24) is 15.2 Å². The Labute approximate surface area is 192 Å². The number of nitrogens with zero attached hydrogens (tertiary/aromatic N) is 3. The SMILES string of the molecule is COc1cc(N2CCCN(C(=O)NCc3ccccc3Cl)CC2)ccc1-c1cnc(C)o1. The van der Waals surface area contributed by atoms with Crippen molar-refractivity contribution in [1.29, 1.82) is 0 Å². The zero-order chi connectivity index (χ0) is 22.5. The lowest BCUT2D eigenvalue weighted by molar-refractivity contribution is 0.201. The summed E-state index contributed by atoms with van der Waals surface area (Å²) < 4.78 is 11.3. The molecule has 0 unspecified atom stereocenters. The molecule has 1 saturated heterocycles. The van der Waals surface area contributed by atoms with Gasteiger partial charge in [0.15, 0.2) is 11.7 Å². The highest BCUT2D eigenvalue weighted by Crippen LogP contribution is 2.34. The Morgan fingerprint density at radius 2 is 2.03 bits per heavy atom. The molecule has 0 saturated carbocycles. The Kier molecular flexibility index (Phi) is 6.85. The van der Waals surface area contributed by atoms with Crippen LogP contribution in [0, 0.1) is 6.92 Å². The normalized spacial score (nSPS) is 14.2. The smallest absolute Gasteiger partial charge is 0.317 e. The Balaban J connectivity index is 1.39. The number of oxazole rings is 1. The lowest BCUT2D eigenvalue weighted by Gasteiger charge is -2.24. The minimum atomic E-state index is -0.0691. The van der Waals surface area contributed by atoms with Crippen LogP contribution in [0.3, 0.4) is 0 Å². The molecule has 168 valence electrons. The van der Waals surface area contributed by atoms with Crippen molar-refractivity contribution in [3.8, 4) is 17.1 Å². The van der Waals surface area contributed by atoms with E-state index in [1.54, 1.807) is 13.3 Å². The zero-order valence-corrected chi connectivity index (χ0v) is 19.1. The fraction of sp³-hybridized carbons (Fsp3) is 0.333. The van der Waals surface area contributed by atoms with Gasteiger partial charge in [0, 0.05) is 56.4 Å². The number of halogens is 1. The van der Waals surface area contributed by atoms with Crippen LogP contribution in [0.1, 0.15) is 17.9 Å². The molecule has 4 rings (SSSR count). The van der Waals surface area contributed by atoms with Gasteiger partial charge in [0.2, 0.25) is 0 Å². The summed E-state index contributed by atoms with van der Waals surface area (Å²) in [6.07, 6.45) is 2.59. The Bertz CT molecular complexity index is 1080. The standard InChI is InChI=1S/C24H27ClN4O3/c1-17-26-16-23(32-17)20-9-8-19(14-22(20)31-2)28-10-5-11-29(13-12-28)24(30)27-15-18-6-3-4-7-21(18)25/h3-4,6-9,14,16H,5,10-13,15H2,1-2H3,(H,27,30). The van der Waals surface area contributed by atoms with Crippen LogP contribution in [0.5, 0.6) is 5.75 Å². The van der Waals surface area contributed by atoms with Crippen molar-refractivity contribution in [2.45, 2.75) is 19.9 Å². The number of nitrogens with one attached hydrogen (secondary N) is 1. The van der Waals surface area contributed by atoms with Crippen LogP contribution in [0.4, 0.5) is 10.5 Å². The lowest BCUT2D eigenvalue weighted by atomic mass is 10.1. The summed E-state index contributed by atoms with van der Waals surface area (Å²) in [4.78, 5) is 21.0. The van der Waals surface area contributed by atoms with Gasteiger partial charge in [0.05, 0.1) is 18.9 Å². The number of rotatable bonds is 5. The summed E-state index contributed by atoms with van der Waals surface area (Å²) in [6.45, 7) is 5.18. The molecule has 2 aromatic carbocycles. The first-order valence-electron chi connectivity index (χ1n) is 10.7. The van der Waals surface area contributed by atoms with Crippen molar-refractivity contribution in [3.63, 3.8) is 0 Å². The quantitative estimate of drug-likeness (QED) is 0.603. The number of amides is 2. The van der Waals surface area contributed by atoms with Crippen molar-refractivity contribution in [3.05, 3.63) is 65.1 Å². The molecule has 8 heteroatoms. The second-order valence-corrected chi connectivity index (χ2v) is 8.11. The maximum Gasteiger partial charge on any atom is 0.317 e. The summed E-state index contributed by atoms with van der Waals surface area (Å²) in [5.74, 6) is 2.03. The molecular formula is C24H27ClN4O3. The number of carbonyl (C=O) groups excluding carboxylic acids is 1. The van der Waals surface area contributed by atoms with E-state index >= 15 is 0 Å². The summed E-state index contributed by atoms with van der Waals surface area (Å²) in [5.41, 5.74) is 2.83. The molecule has 0 bridgehead atoms. The molecule has 0 atom stereocenters. The highest BCUT2D eigenvalue weighted by Gasteiger charge is 2.21. The second-order valence-electron chi connectivity index (χ2n) is 7.71. The topological polar surface area (TPSA) is 70.8 Å². The van der Waals surface area contributed by atoms with Crippen LogP contribution >= 0.6 is 11.6 Å². The number of carbonyl (C=O) groups is 1. The van der Waals surface area contributed by atoms with Crippen LogP contribution < -0.4 is 15.0 Å². The molecule has 32 heavy (non-hydrogen) atoms. The van der Waals surface area contributed by atoms with Gasteiger partial charge in [-0.3, -0.25) is 0 Å². The van der Waals surface area contributed by atoms with Gasteiger partial charge in [-0.25, -0.2) is 9.78 Å². The summed E-state index contributed by atoms with van der Waals surface area (Å²) >= 11 is 6.19. The molecule has 1 fully saturated rings. The molecular weight excluding hydrogens is 428 g/mol. The first kappa shape index (κ1) is 22.0. The predicted octanol–water partition coefficient (Wildman–Crippen LogP) is 4.73. The Morgan fingerprint density at radius 3 is 2.78 bits per heavy atom. The second kappa shape index (κ2) is 9.96. The summed E-state index contributed by atoms with van der Waals surface area (Å²) in [5, 5.41) is 3.65. The highest BCUT2D eigenvalue weighted by atomic mass is 35.5. The van der Waals surface area contributed by atoms with E-state index in [0.717, 1.165) is 42.1 Å². The first-order chi connectivity index (χ1) is 15.5. The van der Waals surface area contributed by atoms with Crippen LogP contribution in [0.2, 0.25) is 5.02 Å².